The van der Waals surface area contributed by atoms with Gasteiger partial charge < -0.3 is 16.2 Å². The lowest BCUT2D eigenvalue weighted by molar-refractivity contribution is 0.117. The Balaban J connectivity index is 0.000000181. The molecule has 0 unspecified atom stereocenters. The number of halogens is 1. The van der Waals surface area contributed by atoms with Crippen LogP contribution in [0.3, 0.4) is 0 Å². The average molecular weight is 240 g/mol. The van der Waals surface area contributed by atoms with Gasteiger partial charge in [0.15, 0.2) is 0 Å². The van der Waals surface area contributed by atoms with Crippen molar-refractivity contribution in [1.82, 2.24) is 0 Å². The number of hydrogen-bond donors (Lipinski definition) is 2. The van der Waals surface area contributed by atoms with Crippen molar-refractivity contribution in [3.05, 3.63) is 35.6 Å². The van der Waals surface area contributed by atoms with Crippen LogP contribution < -0.4 is 11.5 Å². The molecule has 0 bridgehead atoms. The van der Waals surface area contributed by atoms with Crippen molar-refractivity contribution in [2.24, 2.45) is 11.5 Å². The summed E-state index contributed by atoms with van der Waals surface area (Å²) in [5, 5.41) is 0. The number of ether oxygens (including phenoxy) is 1. The van der Waals surface area contributed by atoms with Crippen LogP contribution in [0.25, 0.3) is 0 Å². The van der Waals surface area contributed by atoms with Crippen molar-refractivity contribution >= 4 is 0 Å². The minimum absolute atomic E-state index is 0.194. The van der Waals surface area contributed by atoms with Gasteiger partial charge in [-0.25, -0.2) is 4.39 Å². The normalized spacial score (nSPS) is 18.6. The lowest BCUT2D eigenvalue weighted by Gasteiger charge is -2.01. The van der Waals surface area contributed by atoms with Crippen LogP contribution in [-0.4, -0.2) is 25.8 Å². The summed E-state index contributed by atoms with van der Waals surface area (Å²) in [6.45, 7) is 2.23. The zero-order chi connectivity index (χ0) is 12.5. The highest BCUT2D eigenvalue weighted by atomic mass is 19.1. The molecule has 2 rings (SSSR count). The fraction of sp³-hybridized carbons (Fsp3) is 0.538. The van der Waals surface area contributed by atoms with Crippen molar-refractivity contribution in [3.8, 4) is 0 Å². The van der Waals surface area contributed by atoms with E-state index in [0.717, 1.165) is 25.0 Å². The van der Waals surface area contributed by atoms with Crippen LogP contribution in [-0.2, 0) is 11.2 Å². The third-order valence-electron chi connectivity index (χ3n) is 2.63. The lowest BCUT2D eigenvalue weighted by atomic mass is 10.1. The molecule has 1 fully saturated rings. The molecule has 1 aliphatic rings. The summed E-state index contributed by atoms with van der Waals surface area (Å²) in [7, 11) is 0. The van der Waals surface area contributed by atoms with Crippen LogP contribution in [0, 0.1) is 5.82 Å². The van der Waals surface area contributed by atoms with Crippen LogP contribution in [0.4, 0.5) is 4.39 Å². The van der Waals surface area contributed by atoms with E-state index in [1.54, 1.807) is 12.1 Å². The van der Waals surface area contributed by atoms with Gasteiger partial charge in [0.05, 0.1) is 6.10 Å². The summed E-state index contributed by atoms with van der Waals surface area (Å²) in [6, 6.07) is 6.40. The Bertz CT molecular complexity index is 297. The predicted octanol–water partition coefficient (Wildman–Crippen LogP) is 1.45. The molecule has 0 aromatic heterocycles. The molecule has 1 heterocycles. The zero-order valence-electron chi connectivity index (χ0n) is 10.1. The maximum Gasteiger partial charge on any atom is 0.123 e. The fourth-order valence-corrected chi connectivity index (χ4v) is 1.65. The molecule has 0 spiro atoms. The Labute approximate surface area is 102 Å². The highest BCUT2D eigenvalue weighted by Crippen LogP contribution is 2.09. The second-order valence-corrected chi connectivity index (χ2v) is 4.04. The molecule has 1 saturated heterocycles. The van der Waals surface area contributed by atoms with Crippen molar-refractivity contribution < 1.29 is 9.13 Å². The Hall–Kier alpha value is -0.970. The Morgan fingerprint density at radius 3 is 2.35 bits per heavy atom. The first-order valence-electron chi connectivity index (χ1n) is 6.02. The Morgan fingerprint density at radius 2 is 1.94 bits per heavy atom. The Kier molecular flexibility index (Phi) is 6.77. The first-order chi connectivity index (χ1) is 8.26. The van der Waals surface area contributed by atoms with Gasteiger partial charge in [-0.3, -0.25) is 0 Å². The molecule has 0 saturated carbocycles. The summed E-state index contributed by atoms with van der Waals surface area (Å²) < 4.78 is 17.5. The molecule has 96 valence electrons. The molecule has 1 atom stereocenters. The van der Waals surface area contributed by atoms with Crippen LogP contribution in [0.1, 0.15) is 18.4 Å². The second kappa shape index (κ2) is 8.17. The van der Waals surface area contributed by atoms with Crippen LogP contribution in [0.15, 0.2) is 24.3 Å². The van der Waals surface area contributed by atoms with E-state index < -0.39 is 0 Å². The smallest absolute Gasteiger partial charge is 0.123 e. The molecule has 3 nitrogen and oxygen atoms in total. The average Bonchev–Trinajstić information content (AvgIpc) is 2.86. The number of benzene rings is 1. The topological polar surface area (TPSA) is 61.3 Å². The van der Waals surface area contributed by atoms with Gasteiger partial charge in [0.25, 0.3) is 0 Å². The SMILES string of the molecule is NCCc1ccc(F)cc1.NC[C@@H]1CCCO1. The summed E-state index contributed by atoms with van der Waals surface area (Å²) >= 11 is 0. The third-order valence-corrected chi connectivity index (χ3v) is 2.63. The molecular weight excluding hydrogens is 219 g/mol. The first-order valence-corrected chi connectivity index (χ1v) is 6.02. The fourth-order valence-electron chi connectivity index (χ4n) is 1.65. The van der Waals surface area contributed by atoms with Crippen LogP contribution >= 0.6 is 0 Å². The van der Waals surface area contributed by atoms with E-state index in [2.05, 4.69) is 0 Å². The Morgan fingerprint density at radius 1 is 1.24 bits per heavy atom. The molecule has 4 N–H and O–H groups in total. The summed E-state index contributed by atoms with van der Waals surface area (Å²) in [5.41, 5.74) is 11.7. The molecule has 17 heavy (non-hydrogen) atoms. The van der Waals surface area contributed by atoms with Crippen molar-refractivity contribution in [3.63, 3.8) is 0 Å². The zero-order valence-corrected chi connectivity index (χ0v) is 10.1. The van der Waals surface area contributed by atoms with Crippen molar-refractivity contribution in [2.45, 2.75) is 25.4 Å². The van der Waals surface area contributed by atoms with Crippen LogP contribution in [0.5, 0.6) is 0 Å². The van der Waals surface area contributed by atoms with E-state index in [4.69, 9.17) is 16.2 Å². The van der Waals surface area contributed by atoms with Gasteiger partial charge in [0.1, 0.15) is 5.82 Å². The van der Waals surface area contributed by atoms with E-state index in [1.165, 1.54) is 18.6 Å². The number of hydrogen-bond acceptors (Lipinski definition) is 3. The molecule has 4 heteroatoms. The van der Waals surface area contributed by atoms with Gasteiger partial charge in [-0.1, -0.05) is 12.1 Å². The van der Waals surface area contributed by atoms with Crippen molar-refractivity contribution in [1.29, 1.82) is 0 Å². The van der Waals surface area contributed by atoms with Crippen LogP contribution in [0.2, 0.25) is 0 Å². The number of rotatable bonds is 3. The van der Waals surface area contributed by atoms with E-state index >= 15 is 0 Å². The van der Waals surface area contributed by atoms with Gasteiger partial charge in [-0.15, -0.1) is 0 Å². The minimum Gasteiger partial charge on any atom is -0.377 e. The van der Waals surface area contributed by atoms with Gasteiger partial charge in [0, 0.05) is 13.2 Å². The summed E-state index contributed by atoms with van der Waals surface area (Å²) in [6.07, 6.45) is 3.55. The first kappa shape index (κ1) is 14.1. The lowest BCUT2D eigenvalue weighted by Crippen LogP contribution is -2.17. The number of nitrogens with two attached hydrogens (primary N) is 2. The molecule has 1 aromatic rings. The van der Waals surface area contributed by atoms with E-state index in [-0.39, 0.29) is 5.82 Å². The molecular formula is C13H21FN2O. The molecule has 0 amide bonds. The van der Waals surface area contributed by atoms with Gasteiger partial charge in [-0.05, 0) is 43.5 Å². The highest BCUT2D eigenvalue weighted by molar-refractivity contribution is 5.16. The molecule has 1 aromatic carbocycles. The maximum atomic E-state index is 12.3. The largest absolute Gasteiger partial charge is 0.377 e. The monoisotopic (exact) mass is 240 g/mol. The molecule has 1 aliphatic heterocycles. The standard InChI is InChI=1S/C8H10FN.C5H11NO/c9-8-3-1-7(2-4-8)5-6-10;6-4-5-2-1-3-7-5/h1-4H,5-6,10H2;5H,1-4,6H2/t;5-/m.0/s1. The summed E-state index contributed by atoms with van der Waals surface area (Å²) in [4.78, 5) is 0. The third kappa shape index (κ3) is 5.77. The highest BCUT2D eigenvalue weighted by Gasteiger charge is 2.11. The van der Waals surface area contributed by atoms with Crippen molar-refractivity contribution in [2.75, 3.05) is 19.7 Å². The molecule has 0 aliphatic carbocycles. The van der Waals surface area contributed by atoms with Gasteiger partial charge in [0.2, 0.25) is 0 Å². The van der Waals surface area contributed by atoms with Gasteiger partial charge >= 0.3 is 0 Å². The van der Waals surface area contributed by atoms with E-state index in [0.29, 0.717) is 19.2 Å². The second-order valence-electron chi connectivity index (χ2n) is 4.04. The quantitative estimate of drug-likeness (QED) is 0.840. The minimum atomic E-state index is -0.194. The molecule has 0 radical (unpaired) electrons. The maximum absolute atomic E-state index is 12.3. The summed E-state index contributed by atoms with van der Waals surface area (Å²) in [5.74, 6) is -0.194. The van der Waals surface area contributed by atoms with E-state index in [1.807, 2.05) is 0 Å². The van der Waals surface area contributed by atoms with E-state index in [9.17, 15) is 4.39 Å². The van der Waals surface area contributed by atoms with Gasteiger partial charge in [-0.2, -0.15) is 0 Å². The predicted molar refractivity (Wildman–Crippen MR) is 67.2 cm³/mol.